The van der Waals surface area contributed by atoms with Gasteiger partial charge in [0.1, 0.15) is 0 Å². The minimum Gasteiger partial charge on any atom is -0.493 e. The largest absolute Gasteiger partial charge is 0.493 e. The number of likely N-dealkylation sites (tertiary alicyclic amines) is 1. The van der Waals surface area contributed by atoms with E-state index in [9.17, 15) is 4.79 Å². The molecule has 35 heavy (non-hydrogen) atoms. The summed E-state index contributed by atoms with van der Waals surface area (Å²) >= 11 is 0. The summed E-state index contributed by atoms with van der Waals surface area (Å²) in [6.07, 6.45) is 1.82. The van der Waals surface area contributed by atoms with E-state index >= 15 is 0 Å². The molecule has 3 N–H and O–H groups in total. The number of methoxy groups -OCH3 is 1. The number of carboxylic acids is 2. The number of amides is 1. The van der Waals surface area contributed by atoms with E-state index < -0.39 is 11.9 Å². The van der Waals surface area contributed by atoms with Crippen LogP contribution in [0, 0.1) is 11.3 Å². The first-order chi connectivity index (χ1) is 16.4. The van der Waals surface area contributed by atoms with Crippen LogP contribution in [0.5, 0.6) is 11.5 Å². The smallest absolute Gasteiger partial charge is 0.414 e. The van der Waals surface area contributed by atoms with E-state index in [0.29, 0.717) is 6.61 Å². The summed E-state index contributed by atoms with van der Waals surface area (Å²) in [5, 5.41) is 18.0. The van der Waals surface area contributed by atoms with E-state index in [1.54, 1.807) is 7.11 Å². The summed E-state index contributed by atoms with van der Waals surface area (Å²) in [6.45, 7) is 11.4. The third kappa shape index (κ3) is 11.4. The number of benzene rings is 1. The van der Waals surface area contributed by atoms with Gasteiger partial charge in [-0.2, -0.15) is 0 Å². The third-order valence-electron chi connectivity index (χ3n) is 5.56. The highest BCUT2D eigenvalue weighted by molar-refractivity contribution is 6.27. The maximum absolute atomic E-state index is 12.6. The normalized spacial score (nSPS) is 14.6. The number of nitrogens with zero attached hydrogens (tertiary/aromatic N) is 2. The molecule has 1 aromatic carbocycles. The third-order valence-corrected chi connectivity index (χ3v) is 5.56. The van der Waals surface area contributed by atoms with Crippen molar-refractivity contribution in [2.45, 2.75) is 40.2 Å². The Morgan fingerprint density at radius 2 is 1.71 bits per heavy atom. The zero-order valence-corrected chi connectivity index (χ0v) is 21.8. The Bertz CT molecular complexity index is 822. The fraction of sp³-hybridized carbons (Fsp3) is 0.640. The fourth-order valence-electron chi connectivity index (χ4n) is 4.08. The van der Waals surface area contributed by atoms with E-state index in [0.717, 1.165) is 57.1 Å². The number of hydrogen-bond donors (Lipinski definition) is 3. The molecule has 1 fully saturated rings. The van der Waals surface area contributed by atoms with Crippen molar-refractivity contribution in [2.24, 2.45) is 11.3 Å². The summed E-state index contributed by atoms with van der Waals surface area (Å²) in [5.41, 5.74) is 1.28. The maximum Gasteiger partial charge on any atom is 0.414 e. The molecule has 0 bridgehead atoms. The van der Waals surface area contributed by atoms with Gasteiger partial charge < -0.3 is 29.9 Å². The number of piperidine rings is 1. The molecule has 1 aliphatic heterocycles. The number of ether oxygens (including phenoxy) is 2. The standard InChI is InChI=1S/C23H39N3O3.C2H2O4/c1-7-29-20-9-8-18(14-21(20)28-6)15-26-12-10-19(11-13-26)22(27)24-16-23(2,3)17-25(4)5;3-1(4)2(5)6/h8-9,14,19H,7,10-13,15-17H2,1-6H3,(H,24,27);(H,3,4)(H,5,6). The van der Waals surface area contributed by atoms with Crippen molar-refractivity contribution in [1.82, 2.24) is 15.1 Å². The molecule has 1 aliphatic rings. The molecule has 1 saturated heterocycles. The van der Waals surface area contributed by atoms with Crippen molar-refractivity contribution in [3.05, 3.63) is 23.8 Å². The number of carboxylic acid groups (broad SMARTS) is 2. The van der Waals surface area contributed by atoms with E-state index in [-0.39, 0.29) is 17.2 Å². The van der Waals surface area contributed by atoms with Crippen molar-refractivity contribution in [3.63, 3.8) is 0 Å². The molecule has 0 unspecified atom stereocenters. The second-order valence-electron chi connectivity index (χ2n) is 9.70. The van der Waals surface area contributed by atoms with E-state index in [4.69, 9.17) is 29.3 Å². The SMILES string of the molecule is CCOc1ccc(CN2CCC(C(=O)NCC(C)(C)CN(C)C)CC2)cc1OC.O=C(O)C(=O)O. The Balaban J connectivity index is 0.000000905. The first-order valence-corrected chi connectivity index (χ1v) is 11.8. The number of carbonyl (C=O) groups excluding carboxylic acids is 1. The number of nitrogens with one attached hydrogen (secondary N) is 1. The second kappa shape index (κ2) is 14.5. The highest BCUT2D eigenvalue weighted by Gasteiger charge is 2.27. The van der Waals surface area contributed by atoms with Crippen LogP contribution in [0.25, 0.3) is 0 Å². The zero-order chi connectivity index (χ0) is 26.6. The highest BCUT2D eigenvalue weighted by atomic mass is 16.5. The first kappa shape index (κ1) is 30.2. The molecule has 198 valence electrons. The van der Waals surface area contributed by atoms with Crippen LogP contribution in [0.1, 0.15) is 39.2 Å². The van der Waals surface area contributed by atoms with Crippen LogP contribution >= 0.6 is 0 Å². The topological polar surface area (TPSA) is 129 Å². The van der Waals surface area contributed by atoms with E-state index in [1.807, 2.05) is 13.0 Å². The molecule has 0 aliphatic carbocycles. The molecule has 10 nitrogen and oxygen atoms in total. The molecule has 1 amide bonds. The van der Waals surface area contributed by atoms with Gasteiger partial charge in [-0.25, -0.2) is 9.59 Å². The van der Waals surface area contributed by atoms with Crippen molar-refractivity contribution >= 4 is 17.8 Å². The summed E-state index contributed by atoms with van der Waals surface area (Å²) in [6, 6.07) is 6.13. The van der Waals surface area contributed by atoms with Gasteiger partial charge in [0.25, 0.3) is 0 Å². The van der Waals surface area contributed by atoms with Gasteiger partial charge in [0.2, 0.25) is 5.91 Å². The maximum atomic E-state index is 12.6. The lowest BCUT2D eigenvalue weighted by molar-refractivity contribution is -0.159. The lowest BCUT2D eigenvalue weighted by Crippen LogP contribution is -2.44. The number of aliphatic carboxylic acids is 2. The van der Waals surface area contributed by atoms with Crippen molar-refractivity contribution in [1.29, 1.82) is 0 Å². The summed E-state index contributed by atoms with van der Waals surface area (Å²) in [5.74, 6) is -1.76. The second-order valence-corrected chi connectivity index (χ2v) is 9.70. The van der Waals surface area contributed by atoms with E-state index in [2.05, 4.69) is 55.2 Å². The number of hydrogen-bond acceptors (Lipinski definition) is 7. The van der Waals surface area contributed by atoms with Crippen molar-refractivity contribution < 1.29 is 34.1 Å². The molecule has 1 heterocycles. The molecule has 0 atom stereocenters. The molecule has 0 aromatic heterocycles. The molecular formula is C25H41N3O7. The number of carbonyl (C=O) groups is 3. The van der Waals surface area contributed by atoms with Crippen LogP contribution in [-0.2, 0) is 20.9 Å². The molecule has 0 spiro atoms. The summed E-state index contributed by atoms with van der Waals surface area (Å²) in [7, 11) is 5.81. The Kier molecular flexibility index (Phi) is 12.5. The number of rotatable bonds is 10. The predicted molar refractivity (Wildman–Crippen MR) is 133 cm³/mol. The van der Waals surface area contributed by atoms with Gasteiger partial charge in [-0.3, -0.25) is 9.69 Å². The van der Waals surface area contributed by atoms with Crippen LogP contribution in [0.4, 0.5) is 0 Å². The van der Waals surface area contributed by atoms with E-state index in [1.165, 1.54) is 5.56 Å². The predicted octanol–water partition coefficient (Wildman–Crippen LogP) is 2.17. The minimum atomic E-state index is -1.82. The summed E-state index contributed by atoms with van der Waals surface area (Å²) in [4.78, 5) is 35.4. The molecule has 0 saturated carbocycles. The average molecular weight is 496 g/mol. The fourth-order valence-corrected chi connectivity index (χ4v) is 4.08. The minimum absolute atomic E-state index is 0.0760. The Morgan fingerprint density at radius 1 is 1.11 bits per heavy atom. The Labute approximate surface area is 208 Å². The molecule has 0 radical (unpaired) electrons. The highest BCUT2D eigenvalue weighted by Crippen LogP contribution is 2.29. The van der Waals surface area contributed by atoms with Gasteiger partial charge in [-0.05, 0) is 70.1 Å². The van der Waals surface area contributed by atoms with Crippen LogP contribution < -0.4 is 14.8 Å². The van der Waals surface area contributed by atoms with Gasteiger partial charge in [-0.15, -0.1) is 0 Å². The van der Waals surface area contributed by atoms with Gasteiger partial charge >= 0.3 is 11.9 Å². The lowest BCUT2D eigenvalue weighted by atomic mass is 9.91. The van der Waals surface area contributed by atoms with Crippen molar-refractivity contribution in [2.75, 3.05) is 54.0 Å². The average Bonchev–Trinajstić information content (AvgIpc) is 2.78. The molecular weight excluding hydrogens is 454 g/mol. The first-order valence-electron chi connectivity index (χ1n) is 11.8. The van der Waals surface area contributed by atoms with Gasteiger partial charge in [0.15, 0.2) is 11.5 Å². The molecule has 2 rings (SSSR count). The quantitative estimate of drug-likeness (QED) is 0.418. The zero-order valence-electron chi connectivity index (χ0n) is 21.8. The van der Waals surface area contributed by atoms with Crippen LogP contribution in [0.15, 0.2) is 18.2 Å². The monoisotopic (exact) mass is 495 g/mol. The lowest BCUT2D eigenvalue weighted by Gasteiger charge is -2.33. The van der Waals surface area contributed by atoms with Crippen LogP contribution in [0.2, 0.25) is 0 Å². The Hall–Kier alpha value is -2.85. The van der Waals surface area contributed by atoms with Gasteiger partial charge in [-0.1, -0.05) is 19.9 Å². The molecule has 1 aromatic rings. The van der Waals surface area contributed by atoms with Gasteiger partial charge in [0.05, 0.1) is 13.7 Å². The van der Waals surface area contributed by atoms with Crippen LogP contribution in [0.3, 0.4) is 0 Å². The van der Waals surface area contributed by atoms with Crippen LogP contribution in [-0.4, -0.2) is 91.8 Å². The Morgan fingerprint density at radius 3 is 2.20 bits per heavy atom. The summed E-state index contributed by atoms with van der Waals surface area (Å²) < 4.78 is 11.1. The van der Waals surface area contributed by atoms with Gasteiger partial charge in [0, 0.05) is 25.6 Å². The van der Waals surface area contributed by atoms with Crippen molar-refractivity contribution in [3.8, 4) is 11.5 Å². The molecule has 10 heteroatoms.